The molecule has 0 saturated carbocycles. The normalized spacial score (nSPS) is 10.4. The number of hydrogen-bond donors (Lipinski definition) is 2. The van der Waals surface area contributed by atoms with Gasteiger partial charge in [0.1, 0.15) is 10.8 Å². The zero-order valence-electron chi connectivity index (χ0n) is 14.0. The fourth-order valence-corrected chi connectivity index (χ4v) is 3.45. The van der Waals surface area contributed by atoms with Crippen LogP contribution in [0, 0.1) is 5.82 Å². The van der Waals surface area contributed by atoms with Crippen molar-refractivity contribution in [2.24, 2.45) is 0 Å². The van der Waals surface area contributed by atoms with Crippen molar-refractivity contribution in [1.29, 1.82) is 0 Å². The zero-order chi connectivity index (χ0) is 19.1. The summed E-state index contributed by atoms with van der Waals surface area (Å²) >= 11 is 2.53. The highest BCUT2D eigenvalue weighted by atomic mass is 32.2. The van der Waals surface area contributed by atoms with Gasteiger partial charge in [-0.3, -0.25) is 9.59 Å². The summed E-state index contributed by atoms with van der Waals surface area (Å²) < 4.78 is 12.9. The number of amides is 2. The van der Waals surface area contributed by atoms with Crippen LogP contribution in [0.2, 0.25) is 0 Å². The van der Waals surface area contributed by atoms with Crippen LogP contribution in [0.25, 0.3) is 0 Å². The third-order valence-electron chi connectivity index (χ3n) is 3.31. The monoisotopic (exact) mass is 402 g/mol. The van der Waals surface area contributed by atoms with Crippen LogP contribution in [0.15, 0.2) is 59.5 Å². The third kappa shape index (κ3) is 5.87. The van der Waals surface area contributed by atoms with Crippen molar-refractivity contribution in [2.45, 2.75) is 11.4 Å². The number of nitrogens with one attached hydrogen (secondary N) is 2. The minimum absolute atomic E-state index is 0.128. The molecule has 2 N–H and O–H groups in total. The summed E-state index contributed by atoms with van der Waals surface area (Å²) in [6, 6.07) is 15.1. The fourth-order valence-electron chi connectivity index (χ4n) is 2.03. The Labute approximate surface area is 163 Å². The summed E-state index contributed by atoms with van der Waals surface area (Å²) in [7, 11) is 0. The van der Waals surface area contributed by atoms with Gasteiger partial charge in [0, 0.05) is 10.6 Å². The van der Waals surface area contributed by atoms with Gasteiger partial charge in [0.2, 0.25) is 10.9 Å². The molecule has 0 saturated heterocycles. The predicted octanol–water partition coefficient (Wildman–Crippen LogP) is 3.34. The molecule has 138 valence electrons. The van der Waals surface area contributed by atoms with Crippen LogP contribution in [0.3, 0.4) is 0 Å². The van der Waals surface area contributed by atoms with Gasteiger partial charge in [-0.05, 0) is 36.4 Å². The van der Waals surface area contributed by atoms with E-state index in [1.54, 1.807) is 0 Å². The quantitative estimate of drug-likeness (QED) is 0.592. The largest absolute Gasteiger partial charge is 0.349 e. The first-order valence-corrected chi connectivity index (χ1v) is 9.74. The molecule has 3 aromatic rings. The summed E-state index contributed by atoms with van der Waals surface area (Å²) in [6.07, 6.45) is 0. The Morgan fingerprint density at radius 1 is 1.04 bits per heavy atom. The van der Waals surface area contributed by atoms with Crippen LogP contribution >= 0.6 is 23.1 Å². The zero-order valence-corrected chi connectivity index (χ0v) is 15.6. The Kier molecular flexibility index (Phi) is 6.50. The highest BCUT2D eigenvalue weighted by Crippen LogP contribution is 2.17. The molecule has 0 bridgehead atoms. The standard InChI is InChI=1S/C18H15FN4O2S2/c19-12-6-8-13(9-7-12)21-17(25)18-23-22-16(27-18)10-20-15(24)11-26-14-4-2-1-3-5-14/h1-9H,10-11H2,(H,20,24)(H,21,25). The Morgan fingerprint density at radius 3 is 2.52 bits per heavy atom. The van der Waals surface area contributed by atoms with Crippen molar-refractivity contribution in [3.8, 4) is 0 Å². The fraction of sp³-hybridized carbons (Fsp3) is 0.111. The number of anilines is 1. The molecule has 1 aromatic heterocycles. The summed E-state index contributed by atoms with van der Waals surface area (Å²) in [4.78, 5) is 25.1. The molecule has 1 heterocycles. The van der Waals surface area contributed by atoms with Gasteiger partial charge in [0.05, 0.1) is 12.3 Å². The maximum Gasteiger partial charge on any atom is 0.286 e. The molecule has 0 atom stereocenters. The summed E-state index contributed by atoms with van der Waals surface area (Å²) in [5.41, 5.74) is 0.462. The predicted molar refractivity (Wildman–Crippen MR) is 103 cm³/mol. The third-order valence-corrected chi connectivity index (χ3v) is 5.25. The van der Waals surface area contributed by atoms with E-state index in [4.69, 9.17) is 0 Å². The lowest BCUT2D eigenvalue weighted by molar-refractivity contribution is -0.118. The summed E-state index contributed by atoms with van der Waals surface area (Å²) in [5, 5.41) is 13.8. The number of rotatable bonds is 7. The Bertz CT molecular complexity index is 917. The van der Waals surface area contributed by atoms with E-state index in [1.165, 1.54) is 36.0 Å². The number of carbonyl (C=O) groups is 2. The van der Waals surface area contributed by atoms with Crippen molar-refractivity contribution in [3.63, 3.8) is 0 Å². The van der Waals surface area contributed by atoms with Crippen LogP contribution in [0.5, 0.6) is 0 Å². The second-order valence-electron chi connectivity index (χ2n) is 5.34. The van der Waals surface area contributed by atoms with E-state index in [-0.39, 0.29) is 23.3 Å². The lowest BCUT2D eigenvalue weighted by Crippen LogP contribution is -2.24. The van der Waals surface area contributed by atoms with Gasteiger partial charge in [-0.25, -0.2) is 4.39 Å². The number of thioether (sulfide) groups is 1. The van der Waals surface area contributed by atoms with E-state index in [1.807, 2.05) is 30.3 Å². The van der Waals surface area contributed by atoms with Crippen LogP contribution in [0.4, 0.5) is 10.1 Å². The molecule has 0 aliphatic heterocycles. The highest BCUT2D eigenvalue weighted by Gasteiger charge is 2.14. The van der Waals surface area contributed by atoms with E-state index < -0.39 is 5.91 Å². The molecule has 0 aliphatic rings. The summed E-state index contributed by atoms with van der Waals surface area (Å²) in [5.74, 6) is -0.652. The maximum absolute atomic E-state index is 12.9. The smallest absolute Gasteiger partial charge is 0.286 e. The molecule has 9 heteroatoms. The number of benzene rings is 2. The molecule has 0 spiro atoms. The van der Waals surface area contributed by atoms with Gasteiger partial charge in [-0.2, -0.15) is 0 Å². The second-order valence-corrected chi connectivity index (χ2v) is 7.45. The molecule has 0 radical (unpaired) electrons. The van der Waals surface area contributed by atoms with Crippen molar-refractivity contribution < 1.29 is 14.0 Å². The molecule has 0 fully saturated rings. The molecule has 6 nitrogen and oxygen atoms in total. The van der Waals surface area contributed by atoms with Gasteiger partial charge in [0.25, 0.3) is 5.91 Å². The second kappa shape index (κ2) is 9.24. The molecule has 0 unspecified atom stereocenters. The van der Waals surface area contributed by atoms with Crippen molar-refractivity contribution >= 4 is 40.6 Å². The Morgan fingerprint density at radius 2 is 1.78 bits per heavy atom. The first kappa shape index (κ1) is 19.0. The topological polar surface area (TPSA) is 84.0 Å². The van der Waals surface area contributed by atoms with Crippen LogP contribution in [0.1, 0.15) is 14.8 Å². The minimum atomic E-state index is -0.434. The van der Waals surface area contributed by atoms with Crippen LogP contribution in [-0.2, 0) is 11.3 Å². The summed E-state index contributed by atoms with van der Waals surface area (Å²) in [6.45, 7) is 0.204. The highest BCUT2D eigenvalue weighted by molar-refractivity contribution is 8.00. The SMILES string of the molecule is O=C(CSc1ccccc1)NCc1nnc(C(=O)Nc2ccc(F)cc2)s1. The first-order chi connectivity index (χ1) is 13.1. The average Bonchev–Trinajstić information content (AvgIpc) is 3.16. The molecular formula is C18H15FN4O2S2. The van der Waals surface area contributed by atoms with Gasteiger partial charge < -0.3 is 10.6 Å². The molecule has 2 amide bonds. The van der Waals surface area contributed by atoms with Gasteiger partial charge in [0.15, 0.2) is 0 Å². The van der Waals surface area contributed by atoms with Crippen LogP contribution in [-0.4, -0.2) is 27.8 Å². The molecule has 2 aromatic carbocycles. The molecule has 0 aliphatic carbocycles. The average molecular weight is 402 g/mol. The number of hydrogen-bond acceptors (Lipinski definition) is 6. The molecule has 27 heavy (non-hydrogen) atoms. The molecule has 3 rings (SSSR count). The van der Waals surface area contributed by atoms with Crippen molar-refractivity contribution in [1.82, 2.24) is 15.5 Å². The lowest BCUT2D eigenvalue weighted by atomic mass is 10.3. The number of carbonyl (C=O) groups excluding carboxylic acids is 2. The van der Waals surface area contributed by atoms with E-state index in [0.29, 0.717) is 16.4 Å². The number of nitrogens with zero attached hydrogens (tertiary/aromatic N) is 2. The van der Waals surface area contributed by atoms with E-state index in [2.05, 4.69) is 20.8 Å². The first-order valence-electron chi connectivity index (χ1n) is 7.94. The Hall–Kier alpha value is -2.78. The number of aromatic nitrogens is 2. The van der Waals surface area contributed by atoms with Gasteiger partial charge >= 0.3 is 0 Å². The maximum atomic E-state index is 12.9. The van der Waals surface area contributed by atoms with E-state index in [0.717, 1.165) is 16.2 Å². The van der Waals surface area contributed by atoms with Crippen LogP contribution < -0.4 is 10.6 Å². The van der Waals surface area contributed by atoms with Gasteiger partial charge in [-0.15, -0.1) is 22.0 Å². The minimum Gasteiger partial charge on any atom is -0.349 e. The van der Waals surface area contributed by atoms with Crippen molar-refractivity contribution in [3.05, 3.63) is 70.4 Å². The lowest BCUT2D eigenvalue weighted by Gasteiger charge is -2.03. The van der Waals surface area contributed by atoms with E-state index in [9.17, 15) is 14.0 Å². The van der Waals surface area contributed by atoms with E-state index >= 15 is 0 Å². The number of halogens is 1. The van der Waals surface area contributed by atoms with Gasteiger partial charge in [-0.1, -0.05) is 29.5 Å². The Balaban J connectivity index is 1.46. The van der Waals surface area contributed by atoms with Crippen molar-refractivity contribution in [2.75, 3.05) is 11.1 Å². The molecular weight excluding hydrogens is 387 g/mol.